The maximum absolute atomic E-state index is 10.7. The van der Waals surface area contributed by atoms with E-state index in [1.165, 1.54) is 0 Å². The van der Waals surface area contributed by atoms with Crippen molar-refractivity contribution in [2.45, 2.75) is 12.8 Å². The topological polar surface area (TPSA) is 43.4 Å². The summed E-state index contributed by atoms with van der Waals surface area (Å²) in [6.45, 7) is 0.452. The van der Waals surface area contributed by atoms with Crippen LogP contribution in [0.4, 0.5) is 0 Å². The molecule has 0 saturated heterocycles. The van der Waals surface area contributed by atoms with Gasteiger partial charge in [0.25, 0.3) is 0 Å². The van der Waals surface area contributed by atoms with Crippen LogP contribution in [0.3, 0.4) is 0 Å². The summed E-state index contributed by atoms with van der Waals surface area (Å²) in [6.07, 6.45) is 1.13. The number of rotatable bonds is 6. The molecular formula is C10H11Br2ClO3S. The molecule has 0 amide bonds. The molecule has 0 spiro atoms. The fourth-order valence-corrected chi connectivity index (χ4v) is 3.27. The number of hydrogen-bond acceptors (Lipinski definition) is 3. The summed E-state index contributed by atoms with van der Waals surface area (Å²) >= 11 is 6.75. The Kier molecular flexibility index (Phi) is 6.26. The molecule has 0 bridgehead atoms. The lowest BCUT2D eigenvalue weighted by molar-refractivity contribution is 0.306. The highest BCUT2D eigenvalue weighted by Crippen LogP contribution is 2.32. The van der Waals surface area contributed by atoms with Crippen molar-refractivity contribution < 1.29 is 13.2 Å². The minimum atomic E-state index is -3.39. The van der Waals surface area contributed by atoms with Gasteiger partial charge in [-0.3, -0.25) is 0 Å². The Morgan fingerprint density at radius 2 is 1.76 bits per heavy atom. The Bertz CT molecular complexity index is 456. The fraction of sp³-hybridized carbons (Fsp3) is 0.400. The third-order valence-corrected chi connectivity index (χ3v) is 4.44. The van der Waals surface area contributed by atoms with Crippen molar-refractivity contribution in [1.29, 1.82) is 0 Å². The van der Waals surface area contributed by atoms with Crippen molar-refractivity contribution in [1.82, 2.24) is 0 Å². The minimum Gasteiger partial charge on any atom is -0.491 e. The van der Waals surface area contributed by atoms with E-state index in [-0.39, 0.29) is 5.75 Å². The molecule has 0 fully saturated rings. The van der Waals surface area contributed by atoms with Gasteiger partial charge in [-0.05, 0) is 56.8 Å². The molecule has 0 aliphatic rings. The monoisotopic (exact) mass is 404 g/mol. The molecule has 0 aliphatic heterocycles. The molecule has 0 radical (unpaired) electrons. The molecule has 96 valence electrons. The normalized spacial score (nSPS) is 11.5. The zero-order valence-corrected chi connectivity index (χ0v) is 13.6. The van der Waals surface area contributed by atoms with Gasteiger partial charge in [-0.2, -0.15) is 0 Å². The van der Waals surface area contributed by atoms with Crippen LogP contribution in [0.1, 0.15) is 12.8 Å². The molecule has 17 heavy (non-hydrogen) atoms. The van der Waals surface area contributed by atoms with Crippen LogP contribution in [0.15, 0.2) is 27.1 Å². The van der Waals surface area contributed by atoms with Gasteiger partial charge in [0.05, 0.1) is 21.3 Å². The SMILES string of the molecule is O=S(=O)(Cl)CCCCOc1c(Br)cccc1Br. The van der Waals surface area contributed by atoms with E-state index in [2.05, 4.69) is 31.9 Å². The molecule has 0 atom stereocenters. The second-order valence-electron chi connectivity index (χ2n) is 3.35. The quantitative estimate of drug-likeness (QED) is 0.531. The predicted molar refractivity (Wildman–Crippen MR) is 76.2 cm³/mol. The van der Waals surface area contributed by atoms with E-state index in [4.69, 9.17) is 15.4 Å². The van der Waals surface area contributed by atoms with Crippen molar-refractivity contribution in [2.75, 3.05) is 12.4 Å². The molecule has 0 aromatic heterocycles. The van der Waals surface area contributed by atoms with Crippen LogP contribution < -0.4 is 4.74 Å². The molecule has 1 aromatic carbocycles. The van der Waals surface area contributed by atoms with Gasteiger partial charge in [-0.25, -0.2) is 8.42 Å². The number of ether oxygens (including phenoxy) is 1. The largest absolute Gasteiger partial charge is 0.491 e. The first-order valence-electron chi connectivity index (χ1n) is 4.89. The summed E-state index contributed by atoms with van der Waals surface area (Å²) in [5.74, 6) is 0.705. The van der Waals surface area contributed by atoms with Crippen LogP contribution >= 0.6 is 42.5 Å². The van der Waals surface area contributed by atoms with E-state index in [1.54, 1.807) is 0 Å². The first kappa shape index (κ1) is 15.3. The zero-order valence-electron chi connectivity index (χ0n) is 8.83. The van der Waals surface area contributed by atoms with Crippen LogP contribution in [0.25, 0.3) is 0 Å². The Hall–Kier alpha value is 0.220. The lowest BCUT2D eigenvalue weighted by Crippen LogP contribution is -2.03. The van der Waals surface area contributed by atoms with Crippen molar-refractivity contribution >= 4 is 51.6 Å². The molecule has 1 rings (SSSR count). The Morgan fingerprint density at radius 3 is 2.29 bits per heavy atom. The Balaban J connectivity index is 2.37. The lowest BCUT2D eigenvalue weighted by Gasteiger charge is -2.09. The highest BCUT2D eigenvalue weighted by Gasteiger charge is 2.07. The highest BCUT2D eigenvalue weighted by atomic mass is 79.9. The first-order valence-corrected chi connectivity index (χ1v) is 8.96. The summed E-state index contributed by atoms with van der Waals surface area (Å²) in [4.78, 5) is 0. The highest BCUT2D eigenvalue weighted by molar-refractivity contribution is 9.11. The lowest BCUT2D eigenvalue weighted by atomic mass is 10.3. The standard InChI is InChI=1S/C10H11Br2ClO3S/c11-8-4-3-5-9(12)10(8)16-6-1-2-7-17(13,14)15/h3-5H,1-2,6-7H2. The maximum atomic E-state index is 10.7. The van der Waals surface area contributed by atoms with Crippen LogP contribution in [-0.4, -0.2) is 20.8 Å². The average Bonchev–Trinajstić information content (AvgIpc) is 2.20. The van der Waals surface area contributed by atoms with Crippen LogP contribution in [0.5, 0.6) is 5.75 Å². The smallest absolute Gasteiger partial charge is 0.232 e. The maximum Gasteiger partial charge on any atom is 0.232 e. The number of benzene rings is 1. The molecular weight excluding hydrogens is 395 g/mol. The number of unbranched alkanes of at least 4 members (excludes halogenated alkanes) is 1. The van der Waals surface area contributed by atoms with Crippen LogP contribution in [0, 0.1) is 0 Å². The minimum absolute atomic E-state index is 0.0188. The third kappa shape index (κ3) is 6.08. The van der Waals surface area contributed by atoms with Gasteiger partial charge in [-0.15, -0.1) is 0 Å². The van der Waals surface area contributed by atoms with Crippen molar-refractivity contribution in [3.05, 3.63) is 27.1 Å². The predicted octanol–water partition coefficient (Wildman–Crippen LogP) is 3.94. The second kappa shape index (κ2) is 6.97. The number of hydrogen-bond donors (Lipinski definition) is 0. The molecule has 0 heterocycles. The first-order chi connectivity index (χ1) is 7.90. The Labute approximate surface area is 122 Å². The average molecular weight is 407 g/mol. The van der Waals surface area contributed by atoms with Crippen LogP contribution in [-0.2, 0) is 9.05 Å². The molecule has 0 unspecified atom stereocenters. The summed E-state index contributed by atoms with van der Waals surface area (Å²) < 4.78 is 28.6. The van der Waals surface area contributed by atoms with E-state index < -0.39 is 9.05 Å². The zero-order chi connectivity index (χ0) is 12.9. The summed E-state index contributed by atoms with van der Waals surface area (Å²) in [7, 11) is 1.71. The van der Waals surface area contributed by atoms with Crippen LogP contribution in [0.2, 0.25) is 0 Å². The van der Waals surface area contributed by atoms with Gasteiger partial charge in [0.15, 0.2) is 0 Å². The van der Waals surface area contributed by atoms with Gasteiger partial charge in [-0.1, -0.05) is 6.07 Å². The number of para-hydroxylation sites is 1. The van der Waals surface area contributed by atoms with E-state index >= 15 is 0 Å². The van der Waals surface area contributed by atoms with Gasteiger partial charge >= 0.3 is 0 Å². The fourth-order valence-electron chi connectivity index (χ4n) is 1.17. The Morgan fingerprint density at radius 1 is 1.18 bits per heavy atom. The summed E-state index contributed by atoms with van der Waals surface area (Å²) in [5, 5.41) is 0. The molecule has 0 aliphatic carbocycles. The van der Waals surface area contributed by atoms with Gasteiger partial charge in [0.2, 0.25) is 9.05 Å². The molecule has 0 N–H and O–H groups in total. The summed E-state index contributed by atoms with van der Waals surface area (Å²) in [5.41, 5.74) is 0. The van der Waals surface area contributed by atoms with Gasteiger partial charge < -0.3 is 4.74 Å². The van der Waals surface area contributed by atoms with E-state index in [9.17, 15) is 8.42 Å². The van der Waals surface area contributed by atoms with Gasteiger partial charge in [0, 0.05) is 10.7 Å². The third-order valence-electron chi connectivity index (χ3n) is 1.95. The molecule has 0 saturated carbocycles. The second-order valence-corrected chi connectivity index (χ2v) is 7.95. The van der Waals surface area contributed by atoms with Crippen molar-refractivity contribution in [3.63, 3.8) is 0 Å². The van der Waals surface area contributed by atoms with Crippen molar-refractivity contribution in [3.8, 4) is 5.75 Å². The number of halogens is 3. The summed E-state index contributed by atoms with van der Waals surface area (Å²) in [6, 6.07) is 5.65. The molecule has 1 aromatic rings. The molecule has 3 nitrogen and oxygen atoms in total. The van der Waals surface area contributed by atoms with Crippen molar-refractivity contribution in [2.24, 2.45) is 0 Å². The van der Waals surface area contributed by atoms with Gasteiger partial charge in [0.1, 0.15) is 5.75 Å². The van der Waals surface area contributed by atoms with E-state index in [0.29, 0.717) is 19.4 Å². The van der Waals surface area contributed by atoms with E-state index in [0.717, 1.165) is 14.7 Å². The van der Waals surface area contributed by atoms with E-state index in [1.807, 2.05) is 18.2 Å². The molecule has 7 heteroatoms.